The van der Waals surface area contributed by atoms with Crippen LogP contribution in [0, 0.1) is 5.82 Å². The van der Waals surface area contributed by atoms with Crippen LogP contribution in [-0.4, -0.2) is 64.3 Å². The van der Waals surface area contributed by atoms with Gasteiger partial charge in [0.2, 0.25) is 0 Å². The third-order valence-corrected chi connectivity index (χ3v) is 6.36. The average molecular weight is 496 g/mol. The van der Waals surface area contributed by atoms with Gasteiger partial charge in [-0.3, -0.25) is 9.78 Å². The predicted octanol–water partition coefficient (Wildman–Crippen LogP) is 3.78. The number of rotatable bonds is 8. The second kappa shape index (κ2) is 9.76. The van der Waals surface area contributed by atoms with E-state index in [2.05, 4.69) is 20.6 Å². The molecule has 0 aliphatic carbocycles. The van der Waals surface area contributed by atoms with Crippen molar-refractivity contribution in [3.05, 3.63) is 53.7 Å². The average Bonchev–Trinajstić information content (AvgIpc) is 3.20. The maximum absolute atomic E-state index is 14.5. The summed E-state index contributed by atoms with van der Waals surface area (Å²) < 4.78 is 26.1. The standard InChI is InChI=1S/C25H26FN5O5/c1-2-35-23-16(26)4-3-5-18(23)30-22-20-17(7-10-28-24(20)32)29-21(22)15-6-9-27-12-19(15)36-13-14-8-11-31(14)25(33)34/h3-6,9,12,14,29-30H,2,7-8,10-11,13H2,1H3,(H,28,32)(H,33,34)/t14-/m1/s1. The lowest BCUT2D eigenvalue weighted by Crippen LogP contribution is -2.53. The van der Waals surface area contributed by atoms with Crippen molar-refractivity contribution in [2.75, 3.05) is 31.6 Å². The number of pyridine rings is 1. The highest BCUT2D eigenvalue weighted by atomic mass is 19.1. The Kier molecular flexibility index (Phi) is 6.36. The lowest BCUT2D eigenvalue weighted by atomic mass is 10.0. The van der Waals surface area contributed by atoms with Gasteiger partial charge in [-0.2, -0.15) is 0 Å². The fraction of sp³-hybridized carbons (Fsp3) is 0.320. The molecule has 4 heterocycles. The molecule has 1 saturated heterocycles. The molecule has 0 spiro atoms. The molecular weight excluding hydrogens is 469 g/mol. The van der Waals surface area contributed by atoms with Gasteiger partial charge in [0.05, 0.1) is 41.5 Å². The molecular formula is C25H26FN5O5. The van der Waals surface area contributed by atoms with E-state index in [1.165, 1.54) is 11.0 Å². The number of benzene rings is 1. The first-order valence-electron chi connectivity index (χ1n) is 11.8. The Labute approximate surface area is 206 Å². The van der Waals surface area contributed by atoms with Gasteiger partial charge >= 0.3 is 6.09 Å². The van der Waals surface area contributed by atoms with Gasteiger partial charge in [0.25, 0.3) is 5.91 Å². The second-order valence-electron chi connectivity index (χ2n) is 8.51. The lowest BCUT2D eigenvalue weighted by molar-refractivity contribution is 0.0500. The van der Waals surface area contributed by atoms with Gasteiger partial charge in [-0.05, 0) is 31.5 Å². The molecule has 0 bridgehead atoms. The van der Waals surface area contributed by atoms with E-state index in [0.717, 1.165) is 5.69 Å². The van der Waals surface area contributed by atoms with Gasteiger partial charge in [-0.15, -0.1) is 0 Å². The van der Waals surface area contributed by atoms with Crippen molar-refractivity contribution in [3.8, 4) is 22.8 Å². The number of para-hydroxylation sites is 1. The summed E-state index contributed by atoms with van der Waals surface area (Å²) in [7, 11) is 0. The van der Waals surface area contributed by atoms with Crippen molar-refractivity contribution < 1.29 is 28.6 Å². The highest BCUT2D eigenvalue weighted by Gasteiger charge is 2.33. The number of carboxylic acid groups (broad SMARTS) is 1. The van der Waals surface area contributed by atoms with Gasteiger partial charge < -0.3 is 35.1 Å². The summed E-state index contributed by atoms with van der Waals surface area (Å²) in [6.07, 6.45) is 3.49. The number of hydrogen-bond acceptors (Lipinski definition) is 6. The molecule has 2 aromatic heterocycles. The summed E-state index contributed by atoms with van der Waals surface area (Å²) in [6.45, 7) is 3.17. The number of H-pyrrole nitrogens is 1. The molecule has 1 aromatic carbocycles. The zero-order valence-electron chi connectivity index (χ0n) is 19.6. The molecule has 0 saturated carbocycles. The fourth-order valence-electron chi connectivity index (χ4n) is 4.49. The molecule has 0 radical (unpaired) electrons. The zero-order chi connectivity index (χ0) is 25.2. The second-order valence-corrected chi connectivity index (χ2v) is 8.51. The predicted molar refractivity (Wildman–Crippen MR) is 130 cm³/mol. The number of likely N-dealkylation sites (tertiary alicyclic amines) is 1. The highest BCUT2D eigenvalue weighted by molar-refractivity contribution is 6.06. The number of nitrogens with zero attached hydrogens (tertiary/aromatic N) is 2. The molecule has 5 rings (SSSR count). The van der Waals surface area contributed by atoms with Crippen LogP contribution in [0.3, 0.4) is 0 Å². The monoisotopic (exact) mass is 495 g/mol. The van der Waals surface area contributed by atoms with E-state index in [1.807, 2.05) is 0 Å². The van der Waals surface area contributed by atoms with Gasteiger partial charge in [0, 0.05) is 37.0 Å². The number of anilines is 2. The fourth-order valence-corrected chi connectivity index (χ4v) is 4.49. The van der Waals surface area contributed by atoms with E-state index in [1.54, 1.807) is 37.5 Å². The van der Waals surface area contributed by atoms with Crippen molar-refractivity contribution >= 4 is 23.4 Å². The Balaban J connectivity index is 1.54. The van der Waals surface area contributed by atoms with Crippen LogP contribution in [0.5, 0.6) is 11.5 Å². The molecule has 4 N–H and O–H groups in total. The molecule has 2 aliphatic heterocycles. The number of carbonyl (C=O) groups excluding carboxylic acids is 1. The highest BCUT2D eigenvalue weighted by Crippen LogP contribution is 2.42. The summed E-state index contributed by atoms with van der Waals surface area (Å²) in [5.41, 5.74) is 3.21. The van der Waals surface area contributed by atoms with Gasteiger partial charge in [-0.1, -0.05) is 6.07 Å². The van der Waals surface area contributed by atoms with E-state index < -0.39 is 11.9 Å². The zero-order valence-corrected chi connectivity index (χ0v) is 19.6. The summed E-state index contributed by atoms with van der Waals surface area (Å²) in [4.78, 5) is 33.1. The smallest absolute Gasteiger partial charge is 0.407 e. The number of fused-ring (bicyclic) bond motifs is 1. The minimum atomic E-state index is -0.976. The molecule has 10 nitrogen and oxygen atoms in total. The molecule has 11 heteroatoms. The van der Waals surface area contributed by atoms with E-state index in [0.29, 0.717) is 59.9 Å². The normalized spacial score (nSPS) is 16.6. The van der Waals surface area contributed by atoms with E-state index in [-0.39, 0.29) is 30.9 Å². The van der Waals surface area contributed by atoms with Crippen LogP contribution < -0.4 is 20.1 Å². The number of carbonyl (C=O) groups is 2. The van der Waals surface area contributed by atoms with Crippen LogP contribution in [0.2, 0.25) is 0 Å². The molecule has 1 fully saturated rings. The van der Waals surface area contributed by atoms with Crippen molar-refractivity contribution in [1.82, 2.24) is 20.2 Å². The van der Waals surface area contributed by atoms with Gasteiger partial charge in [0.1, 0.15) is 12.4 Å². The van der Waals surface area contributed by atoms with Crippen molar-refractivity contribution in [2.24, 2.45) is 0 Å². The third-order valence-electron chi connectivity index (χ3n) is 6.36. The maximum Gasteiger partial charge on any atom is 0.407 e. The van der Waals surface area contributed by atoms with Gasteiger partial charge in [-0.25, -0.2) is 9.18 Å². The number of ether oxygens (including phenoxy) is 2. The van der Waals surface area contributed by atoms with Gasteiger partial charge in [0.15, 0.2) is 11.6 Å². The molecule has 36 heavy (non-hydrogen) atoms. The Hall–Kier alpha value is -4.28. The number of aromatic nitrogens is 2. The summed E-state index contributed by atoms with van der Waals surface area (Å²) in [5.74, 6) is -0.282. The Bertz CT molecular complexity index is 1310. The van der Waals surface area contributed by atoms with Crippen LogP contribution in [0.4, 0.5) is 20.6 Å². The number of nitrogens with one attached hydrogen (secondary N) is 3. The number of halogens is 1. The topological polar surface area (TPSA) is 129 Å². The molecule has 0 unspecified atom stereocenters. The van der Waals surface area contributed by atoms with E-state index in [9.17, 15) is 19.1 Å². The minimum Gasteiger partial charge on any atom is -0.489 e. The number of amides is 2. The van der Waals surface area contributed by atoms with Crippen LogP contribution in [0.15, 0.2) is 36.7 Å². The van der Waals surface area contributed by atoms with Crippen molar-refractivity contribution in [2.45, 2.75) is 25.8 Å². The van der Waals surface area contributed by atoms with Crippen LogP contribution >= 0.6 is 0 Å². The Morgan fingerprint density at radius 1 is 1.33 bits per heavy atom. The molecule has 1 atom stereocenters. The van der Waals surface area contributed by atoms with Crippen LogP contribution in [0.25, 0.3) is 11.3 Å². The molecule has 2 aliphatic rings. The van der Waals surface area contributed by atoms with E-state index in [4.69, 9.17) is 9.47 Å². The largest absolute Gasteiger partial charge is 0.489 e. The molecule has 3 aromatic rings. The minimum absolute atomic E-state index is 0.0575. The first-order chi connectivity index (χ1) is 17.5. The summed E-state index contributed by atoms with van der Waals surface area (Å²) >= 11 is 0. The Morgan fingerprint density at radius 3 is 2.94 bits per heavy atom. The van der Waals surface area contributed by atoms with E-state index >= 15 is 0 Å². The number of hydrogen-bond donors (Lipinski definition) is 4. The van der Waals surface area contributed by atoms with Crippen molar-refractivity contribution in [3.63, 3.8) is 0 Å². The molecule has 188 valence electrons. The maximum atomic E-state index is 14.5. The number of aromatic amines is 1. The lowest BCUT2D eigenvalue weighted by Gasteiger charge is -2.38. The molecule has 2 amide bonds. The quantitative estimate of drug-likeness (QED) is 0.374. The van der Waals surface area contributed by atoms with Crippen LogP contribution in [0.1, 0.15) is 29.4 Å². The Morgan fingerprint density at radius 2 is 2.19 bits per heavy atom. The summed E-state index contributed by atoms with van der Waals surface area (Å²) in [5, 5.41) is 15.4. The third kappa shape index (κ3) is 4.28. The van der Waals surface area contributed by atoms with Crippen LogP contribution in [-0.2, 0) is 6.42 Å². The summed E-state index contributed by atoms with van der Waals surface area (Å²) in [6, 6.07) is 6.06. The van der Waals surface area contributed by atoms with Crippen molar-refractivity contribution in [1.29, 1.82) is 0 Å². The SMILES string of the molecule is CCOc1c(F)cccc1Nc1c(-c2ccncc2OC[C@H]2CCN2C(=O)O)[nH]c2c1C(=O)NCC2. The first kappa shape index (κ1) is 23.5. The first-order valence-corrected chi connectivity index (χ1v) is 11.8.